The van der Waals surface area contributed by atoms with Crippen LogP contribution in [-0.4, -0.2) is 11.0 Å². The third-order valence-corrected chi connectivity index (χ3v) is 3.85. The first-order chi connectivity index (χ1) is 8.83. The highest BCUT2D eigenvalue weighted by molar-refractivity contribution is 6.30. The Morgan fingerprint density at radius 3 is 2.72 bits per heavy atom. The Kier molecular flexibility index (Phi) is 3.37. The molecule has 1 fully saturated rings. The zero-order chi connectivity index (χ0) is 12.4. The summed E-state index contributed by atoms with van der Waals surface area (Å²) >= 11 is 6.09. The van der Waals surface area contributed by atoms with E-state index in [1.54, 1.807) is 0 Å². The van der Waals surface area contributed by atoms with Crippen LogP contribution in [0.5, 0.6) is 0 Å². The molecule has 0 amide bonds. The lowest BCUT2D eigenvalue weighted by Gasteiger charge is -2.24. The number of nitrogens with one attached hydrogen (secondary N) is 1. The normalized spacial score (nSPS) is 16.9. The standard InChI is InChI=1S/C15H17ClN2/c16-14-10-11-6-4-5-9-13(11)15(18-14)17-12-7-2-1-3-8-12/h4-6,9-10,12H,1-3,7-8H2,(H,17,18). The van der Waals surface area contributed by atoms with Gasteiger partial charge in [-0.15, -0.1) is 0 Å². The lowest BCUT2D eigenvalue weighted by molar-refractivity contribution is 0.462. The number of hydrogen-bond donors (Lipinski definition) is 1. The average molecular weight is 261 g/mol. The minimum Gasteiger partial charge on any atom is -0.367 e. The zero-order valence-electron chi connectivity index (χ0n) is 10.3. The maximum Gasteiger partial charge on any atom is 0.135 e. The molecular weight excluding hydrogens is 244 g/mol. The Morgan fingerprint density at radius 2 is 1.89 bits per heavy atom. The van der Waals surface area contributed by atoms with E-state index in [1.807, 2.05) is 18.2 Å². The van der Waals surface area contributed by atoms with Crippen LogP contribution in [0.3, 0.4) is 0 Å². The molecule has 0 saturated heterocycles. The Labute approximate surface area is 112 Å². The van der Waals surface area contributed by atoms with Crippen molar-refractivity contribution in [3.8, 4) is 0 Å². The van der Waals surface area contributed by atoms with Gasteiger partial charge in [0.1, 0.15) is 11.0 Å². The molecule has 2 aromatic rings. The van der Waals surface area contributed by atoms with Crippen molar-refractivity contribution in [2.75, 3.05) is 5.32 Å². The highest BCUT2D eigenvalue weighted by Gasteiger charge is 2.15. The van der Waals surface area contributed by atoms with Gasteiger partial charge in [-0.2, -0.15) is 0 Å². The molecule has 94 valence electrons. The fourth-order valence-corrected chi connectivity index (χ4v) is 2.92. The predicted octanol–water partition coefficient (Wildman–Crippen LogP) is 4.63. The number of halogens is 1. The van der Waals surface area contributed by atoms with Crippen LogP contribution in [0.15, 0.2) is 30.3 Å². The molecule has 0 atom stereocenters. The van der Waals surface area contributed by atoms with Gasteiger partial charge in [0.2, 0.25) is 0 Å². The predicted molar refractivity (Wildman–Crippen MR) is 77.2 cm³/mol. The van der Waals surface area contributed by atoms with E-state index in [0.717, 1.165) is 16.6 Å². The maximum absolute atomic E-state index is 6.09. The second-order valence-corrected chi connectivity index (χ2v) is 5.38. The molecule has 1 heterocycles. The first kappa shape index (κ1) is 11.8. The quantitative estimate of drug-likeness (QED) is 0.796. The van der Waals surface area contributed by atoms with E-state index >= 15 is 0 Å². The Balaban J connectivity index is 1.94. The lowest BCUT2D eigenvalue weighted by atomic mass is 9.95. The summed E-state index contributed by atoms with van der Waals surface area (Å²) in [5, 5.41) is 6.44. The minimum atomic E-state index is 0.549. The number of anilines is 1. The van der Waals surface area contributed by atoms with Crippen molar-refractivity contribution in [1.82, 2.24) is 4.98 Å². The highest BCUT2D eigenvalue weighted by atomic mass is 35.5. The summed E-state index contributed by atoms with van der Waals surface area (Å²) in [5.74, 6) is 0.935. The maximum atomic E-state index is 6.09. The number of rotatable bonds is 2. The van der Waals surface area contributed by atoms with Crippen molar-refractivity contribution in [2.24, 2.45) is 0 Å². The first-order valence-corrected chi connectivity index (χ1v) is 7.02. The van der Waals surface area contributed by atoms with Gasteiger partial charge in [-0.3, -0.25) is 0 Å². The number of pyridine rings is 1. The molecule has 1 aromatic heterocycles. The van der Waals surface area contributed by atoms with Crippen LogP contribution < -0.4 is 5.32 Å². The van der Waals surface area contributed by atoms with E-state index in [4.69, 9.17) is 11.6 Å². The summed E-state index contributed by atoms with van der Waals surface area (Å²) in [6.07, 6.45) is 6.47. The lowest BCUT2D eigenvalue weighted by Crippen LogP contribution is -2.22. The van der Waals surface area contributed by atoms with Gasteiger partial charge in [-0.25, -0.2) is 4.98 Å². The van der Waals surface area contributed by atoms with Gasteiger partial charge >= 0.3 is 0 Å². The van der Waals surface area contributed by atoms with Crippen molar-refractivity contribution in [2.45, 2.75) is 38.1 Å². The molecule has 3 rings (SSSR count). The zero-order valence-corrected chi connectivity index (χ0v) is 11.1. The van der Waals surface area contributed by atoms with E-state index in [0.29, 0.717) is 11.2 Å². The van der Waals surface area contributed by atoms with E-state index in [2.05, 4.69) is 22.4 Å². The molecule has 0 unspecified atom stereocenters. The molecule has 1 aliphatic rings. The van der Waals surface area contributed by atoms with E-state index in [-0.39, 0.29) is 0 Å². The second-order valence-electron chi connectivity index (χ2n) is 4.99. The summed E-state index contributed by atoms with van der Waals surface area (Å²) in [5.41, 5.74) is 0. The van der Waals surface area contributed by atoms with Crippen LogP contribution in [-0.2, 0) is 0 Å². The van der Waals surface area contributed by atoms with Crippen LogP contribution in [0, 0.1) is 0 Å². The Hall–Kier alpha value is -1.28. The van der Waals surface area contributed by atoms with Crippen LogP contribution in [0.1, 0.15) is 32.1 Å². The molecule has 0 aliphatic heterocycles. The van der Waals surface area contributed by atoms with Crippen LogP contribution >= 0.6 is 11.6 Å². The summed E-state index contributed by atoms with van der Waals surface area (Å²) in [6.45, 7) is 0. The molecule has 18 heavy (non-hydrogen) atoms. The smallest absolute Gasteiger partial charge is 0.135 e. The van der Waals surface area contributed by atoms with Gasteiger partial charge in [0, 0.05) is 11.4 Å². The van der Waals surface area contributed by atoms with Crippen molar-refractivity contribution in [3.63, 3.8) is 0 Å². The largest absolute Gasteiger partial charge is 0.367 e. The fourth-order valence-electron chi connectivity index (χ4n) is 2.72. The fraction of sp³-hybridized carbons (Fsp3) is 0.400. The molecule has 1 aliphatic carbocycles. The monoisotopic (exact) mass is 260 g/mol. The number of fused-ring (bicyclic) bond motifs is 1. The van der Waals surface area contributed by atoms with Crippen molar-refractivity contribution in [1.29, 1.82) is 0 Å². The third kappa shape index (κ3) is 2.44. The molecule has 0 bridgehead atoms. The number of hydrogen-bond acceptors (Lipinski definition) is 2. The summed E-state index contributed by atoms with van der Waals surface area (Å²) in [4.78, 5) is 4.45. The molecule has 1 aromatic carbocycles. The van der Waals surface area contributed by atoms with Crippen molar-refractivity contribution in [3.05, 3.63) is 35.5 Å². The van der Waals surface area contributed by atoms with Gasteiger partial charge in [0.15, 0.2) is 0 Å². The van der Waals surface area contributed by atoms with Gasteiger partial charge in [-0.1, -0.05) is 55.1 Å². The molecule has 1 N–H and O–H groups in total. The number of benzene rings is 1. The van der Waals surface area contributed by atoms with Crippen LogP contribution in [0.4, 0.5) is 5.82 Å². The molecule has 0 radical (unpaired) electrons. The van der Waals surface area contributed by atoms with Crippen LogP contribution in [0.25, 0.3) is 10.8 Å². The molecule has 1 saturated carbocycles. The molecule has 3 heteroatoms. The molecule has 0 spiro atoms. The molecule has 2 nitrogen and oxygen atoms in total. The van der Waals surface area contributed by atoms with Crippen LogP contribution in [0.2, 0.25) is 5.15 Å². The Bertz CT molecular complexity index is 547. The topological polar surface area (TPSA) is 24.9 Å². The Morgan fingerprint density at radius 1 is 1.11 bits per heavy atom. The second kappa shape index (κ2) is 5.15. The average Bonchev–Trinajstić information content (AvgIpc) is 2.40. The first-order valence-electron chi connectivity index (χ1n) is 6.65. The van der Waals surface area contributed by atoms with Crippen molar-refractivity contribution >= 4 is 28.2 Å². The van der Waals surface area contributed by atoms with E-state index in [9.17, 15) is 0 Å². The van der Waals surface area contributed by atoms with Gasteiger partial charge in [-0.05, 0) is 24.3 Å². The summed E-state index contributed by atoms with van der Waals surface area (Å²) < 4.78 is 0. The third-order valence-electron chi connectivity index (χ3n) is 3.66. The summed E-state index contributed by atoms with van der Waals surface area (Å²) in [7, 11) is 0. The molecular formula is C15H17ClN2. The van der Waals surface area contributed by atoms with Gasteiger partial charge in [0.25, 0.3) is 0 Å². The van der Waals surface area contributed by atoms with Gasteiger partial charge in [0.05, 0.1) is 0 Å². The van der Waals surface area contributed by atoms with E-state index < -0.39 is 0 Å². The number of nitrogens with zero attached hydrogens (tertiary/aromatic N) is 1. The highest BCUT2D eigenvalue weighted by Crippen LogP contribution is 2.27. The van der Waals surface area contributed by atoms with Gasteiger partial charge < -0.3 is 5.32 Å². The minimum absolute atomic E-state index is 0.549. The van der Waals surface area contributed by atoms with Crippen molar-refractivity contribution < 1.29 is 0 Å². The SMILES string of the molecule is Clc1cc2ccccc2c(NC2CCCCC2)n1. The summed E-state index contributed by atoms with van der Waals surface area (Å²) in [6, 6.07) is 10.7. The number of aromatic nitrogens is 1. The van der Waals surface area contributed by atoms with E-state index in [1.165, 1.54) is 32.1 Å².